The van der Waals surface area contributed by atoms with E-state index >= 15 is 0 Å². The first kappa shape index (κ1) is 22.2. The van der Waals surface area contributed by atoms with Crippen molar-refractivity contribution < 1.29 is 23.9 Å². The number of rotatable bonds is 7. The minimum absolute atomic E-state index is 0.227. The fraction of sp³-hybridized carbons (Fsp3) is 0.158. The third kappa shape index (κ3) is 7.81. The number of carbonyl (C=O) groups is 4. The van der Waals surface area contributed by atoms with Crippen LogP contribution in [0.5, 0.6) is 0 Å². The van der Waals surface area contributed by atoms with E-state index in [4.69, 9.17) is 27.9 Å². The van der Waals surface area contributed by atoms with E-state index < -0.39 is 30.3 Å². The Bertz CT molecular complexity index is 906. The van der Waals surface area contributed by atoms with E-state index in [0.29, 0.717) is 10.6 Å². The first-order valence-corrected chi connectivity index (χ1v) is 9.15. The molecule has 0 saturated heterocycles. The quantitative estimate of drug-likeness (QED) is 0.455. The van der Waals surface area contributed by atoms with Crippen molar-refractivity contribution in [2.24, 2.45) is 0 Å². The molecule has 3 N–H and O–H groups in total. The first-order valence-electron chi connectivity index (χ1n) is 8.40. The predicted molar refractivity (Wildman–Crippen MR) is 107 cm³/mol. The topological polar surface area (TPSA) is 114 Å². The van der Waals surface area contributed by atoms with Gasteiger partial charge in [0.15, 0.2) is 6.61 Å². The lowest BCUT2D eigenvalue weighted by Gasteiger charge is -2.09. The highest BCUT2D eigenvalue weighted by Gasteiger charge is 2.13. The molecule has 0 unspecified atom stereocenters. The maximum atomic E-state index is 11.8. The Morgan fingerprint density at radius 3 is 2.31 bits per heavy atom. The van der Waals surface area contributed by atoms with Gasteiger partial charge in [0.2, 0.25) is 5.91 Å². The van der Waals surface area contributed by atoms with Gasteiger partial charge in [-0.15, -0.1) is 0 Å². The zero-order chi connectivity index (χ0) is 21.2. The smallest absolute Gasteiger partial charge is 0.306 e. The van der Waals surface area contributed by atoms with Gasteiger partial charge in [-0.1, -0.05) is 41.4 Å². The minimum atomic E-state index is -0.748. The molecular weight excluding hydrogens is 421 g/mol. The number of esters is 1. The van der Waals surface area contributed by atoms with Crippen molar-refractivity contribution in [3.63, 3.8) is 0 Å². The molecule has 2 aromatic rings. The monoisotopic (exact) mass is 437 g/mol. The highest BCUT2D eigenvalue weighted by Crippen LogP contribution is 2.25. The number of hydrogen-bond donors (Lipinski definition) is 3. The van der Waals surface area contributed by atoms with Crippen LogP contribution in [0.4, 0.5) is 5.69 Å². The summed E-state index contributed by atoms with van der Waals surface area (Å²) in [5.41, 5.74) is 5.08. The van der Waals surface area contributed by atoms with Crippen LogP contribution in [0.1, 0.15) is 23.2 Å². The van der Waals surface area contributed by atoms with E-state index in [1.165, 1.54) is 12.1 Å². The summed E-state index contributed by atoms with van der Waals surface area (Å²) in [7, 11) is 0. The number of anilines is 1. The molecule has 0 aromatic heterocycles. The Hall–Kier alpha value is -3.10. The number of carbonyl (C=O) groups excluding carboxylic acids is 4. The highest BCUT2D eigenvalue weighted by atomic mass is 35.5. The van der Waals surface area contributed by atoms with Crippen LogP contribution < -0.4 is 16.2 Å². The third-order valence-corrected chi connectivity index (χ3v) is 4.04. The van der Waals surface area contributed by atoms with Gasteiger partial charge in [0, 0.05) is 17.0 Å². The van der Waals surface area contributed by atoms with Crippen LogP contribution in [0.15, 0.2) is 48.5 Å². The fourth-order valence-electron chi connectivity index (χ4n) is 2.06. The number of hydrogen-bond acceptors (Lipinski definition) is 5. The summed E-state index contributed by atoms with van der Waals surface area (Å²) in [5, 5.41) is 3.12. The molecule has 10 heteroatoms. The first-order chi connectivity index (χ1) is 13.8. The Morgan fingerprint density at radius 2 is 1.59 bits per heavy atom. The molecule has 0 spiro atoms. The summed E-state index contributed by atoms with van der Waals surface area (Å²) in [6.07, 6.45) is -0.492. The Morgan fingerprint density at radius 1 is 0.862 bits per heavy atom. The van der Waals surface area contributed by atoms with E-state index in [-0.39, 0.29) is 23.6 Å². The second-order valence-electron chi connectivity index (χ2n) is 5.70. The molecule has 0 heterocycles. The minimum Gasteiger partial charge on any atom is -0.456 e. The second-order valence-corrected chi connectivity index (χ2v) is 6.54. The molecular formula is C19H17Cl2N3O5. The second kappa shape index (κ2) is 11.0. The number of amides is 3. The van der Waals surface area contributed by atoms with E-state index in [1.807, 2.05) is 0 Å². The maximum Gasteiger partial charge on any atom is 0.306 e. The average molecular weight is 438 g/mol. The lowest BCUT2D eigenvalue weighted by molar-refractivity contribution is -0.148. The lowest BCUT2D eigenvalue weighted by Crippen LogP contribution is -2.41. The maximum absolute atomic E-state index is 11.8. The molecule has 152 valence electrons. The average Bonchev–Trinajstić information content (AvgIpc) is 2.72. The molecule has 0 radical (unpaired) electrons. The van der Waals surface area contributed by atoms with Crippen LogP contribution >= 0.6 is 23.2 Å². The van der Waals surface area contributed by atoms with Crippen molar-refractivity contribution in [3.05, 3.63) is 64.1 Å². The molecule has 0 aliphatic rings. The van der Waals surface area contributed by atoms with Gasteiger partial charge in [-0.3, -0.25) is 30.0 Å². The van der Waals surface area contributed by atoms with Crippen LogP contribution in [0.25, 0.3) is 0 Å². The number of hydrazine groups is 1. The van der Waals surface area contributed by atoms with Crippen LogP contribution in [0.3, 0.4) is 0 Å². The summed E-state index contributed by atoms with van der Waals surface area (Å²) >= 11 is 11.7. The summed E-state index contributed by atoms with van der Waals surface area (Å²) in [6.45, 7) is -0.548. The van der Waals surface area contributed by atoms with Gasteiger partial charge in [-0.2, -0.15) is 0 Å². The summed E-state index contributed by atoms with van der Waals surface area (Å²) in [5.74, 6) is -2.43. The Balaban J connectivity index is 1.66. The van der Waals surface area contributed by atoms with Crippen LogP contribution in [0, 0.1) is 0 Å². The largest absolute Gasteiger partial charge is 0.456 e. The molecule has 8 nitrogen and oxygen atoms in total. The normalized spacial score (nSPS) is 10.0. The third-order valence-electron chi connectivity index (χ3n) is 3.47. The van der Waals surface area contributed by atoms with E-state index in [1.54, 1.807) is 36.4 Å². The molecule has 0 aliphatic heterocycles. The fourth-order valence-corrected chi connectivity index (χ4v) is 2.40. The van der Waals surface area contributed by atoms with Gasteiger partial charge >= 0.3 is 5.97 Å². The zero-order valence-corrected chi connectivity index (χ0v) is 16.5. The number of ether oxygens (including phenoxy) is 1. The van der Waals surface area contributed by atoms with Gasteiger partial charge in [-0.25, -0.2) is 0 Å². The SMILES string of the molecule is O=C(CCC(=O)OCC(=O)Nc1cc(Cl)ccc1Cl)NNC(=O)c1ccccc1. The standard InChI is InChI=1S/C19H17Cl2N3O5/c20-13-6-7-14(21)15(10-13)22-17(26)11-29-18(27)9-8-16(25)23-24-19(28)12-4-2-1-3-5-12/h1-7,10H,8-9,11H2,(H,22,26)(H,23,25)(H,24,28). The molecule has 2 rings (SSSR count). The molecule has 29 heavy (non-hydrogen) atoms. The number of halogens is 2. The number of benzene rings is 2. The van der Waals surface area contributed by atoms with Crippen molar-refractivity contribution >= 4 is 52.6 Å². The van der Waals surface area contributed by atoms with Crippen molar-refractivity contribution in [1.29, 1.82) is 0 Å². The van der Waals surface area contributed by atoms with Gasteiger partial charge in [0.25, 0.3) is 11.8 Å². The van der Waals surface area contributed by atoms with Crippen molar-refractivity contribution in [3.8, 4) is 0 Å². The molecule has 0 fully saturated rings. The summed E-state index contributed by atoms with van der Waals surface area (Å²) in [4.78, 5) is 47.0. The van der Waals surface area contributed by atoms with Gasteiger partial charge in [0.1, 0.15) is 0 Å². The Kier molecular flexibility index (Phi) is 8.45. The zero-order valence-electron chi connectivity index (χ0n) is 15.0. The Labute approximate surface area is 176 Å². The van der Waals surface area contributed by atoms with Crippen LogP contribution in [-0.4, -0.2) is 30.3 Å². The van der Waals surface area contributed by atoms with E-state index in [0.717, 1.165) is 0 Å². The summed E-state index contributed by atoms with van der Waals surface area (Å²) < 4.78 is 4.80. The van der Waals surface area contributed by atoms with Gasteiger partial charge in [0.05, 0.1) is 17.1 Å². The molecule has 0 saturated carbocycles. The van der Waals surface area contributed by atoms with Crippen LogP contribution in [0.2, 0.25) is 10.0 Å². The van der Waals surface area contributed by atoms with Crippen molar-refractivity contribution in [2.45, 2.75) is 12.8 Å². The van der Waals surface area contributed by atoms with Crippen molar-refractivity contribution in [2.75, 3.05) is 11.9 Å². The highest BCUT2D eigenvalue weighted by molar-refractivity contribution is 6.35. The summed E-state index contributed by atoms with van der Waals surface area (Å²) in [6, 6.07) is 12.8. The molecule has 2 aromatic carbocycles. The molecule has 0 atom stereocenters. The molecule has 3 amide bonds. The van der Waals surface area contributed by atoms with Crippen LogP contribution in [-0.2, 0) is 19.1 Å². The van der Waals surface area contributed by atoms with E-state index in [2.05, 4.69) is 16.2 Å². The molecule has 0 aliphatic carbocycles. The lowest BCUT2D eigenvalue weighted by atomic mass is 10.2. The number of nitrogens with one attached hydrogen (secondary N) is 3. The van der Waals surface area contributed by atoms with Gasteiger partial charge in [-0.05, 0) is 30.3 Å². The van der Waals surface area contributed by atoms with E-state index in [9.17, 15) is 19.2 Å². The predicted octanol–water partition coefficient (Wildman–Crippen LogP) is 2.72. The molecule has 0 bridgehead atoms. The van der Waals surface area contributed by atoms with Crippen molar-refractivity contribution in [1.82, 2.24) is 10.9 Å². The van der Waals surface area contributed by atoms with Gasteiger partial charge < -0.3 is 10.1 Å².